The van der Waals surface area contributed by atoms with Gasteiger partial charge in [-0.3, -0.25) is 14.4 Å². The van der Waals surface area contributed by atoms with E-state index < -0.39 is 29.8 Å². The Kier molecular flexibility index (Phi) is 12.5. The zero-order valence-corrected chi connectivity index (χ0v) is 28.9. The number of carbonyl (C=O) groups excluding carboxylic acids is 2. The van der Waals surface area contributed by atoms with Gasteiger partial charge in [-0.25, -0.2) is 8.78 Å². The third-order valence-corrected chi connectivity index (χ3v) is 9.37. The van der Waals surface area contributed by atoms with Gasteiger partial charge in [-0.05, 0) is 145 Å². The molecular formula is C38H43BrF2N2O4. The fraction of sp³-hybridized carbons (Fsp3) is 0.395. The highest BCUT2D eigenvalue weighted by Crippen LogP contribution is 2.45. The number of rotatable bonds is 16. The smallest absolute Gasteiger partial charge is 0.308 e. The number of carbonyl (C=O) groups is 2. The third-order valence-electron chi connectivity index (χ3n) is 8.54. The van der Waals surface area contributed by atoms with Crippen molar-refractivity contribution in [3.05, 3.63) is 116 Å². The van der Waals surface area contributed by atoms with Crippen LogP contribution in [-0.2, 0) is 20.7 Å². The lowest BCUT2D eigenvalue weighted by atomic mass is 9.87. The minimum absolute atomic E-state index is 0.00133. The molecule has 0 bridgehead atoms. The normalized spacial score (nSPS) is 13.9. The van der Waals surface area contributed by atoms with Gasteiger partial charge in [0.05, 0.1) is 19.1 Å². The Labute approximate surface area is 284 Å². The molecule has 4 rings (SSSR count). The van der Waals surface area contributed by atoms with Crippen LogP contribution in [0.15, 0.2) is 71.1 Å². The Morgan fingerprint density at radius 1 is 1.09 bits per heavy atom. The molecule has 3 aromatic rings. The van der Waals surface area contributed by atoms with Crippen LogP contribution in [0.5, 0.6) is 0 Å². The van der Waals surface area contributed by atoms with Crippen molar-refractivity contribution in [2.45, 2.75) is 90.1 Å². The Morgan fingerprint density at radius 2 is 1.83 bits per heavy atom. The Morgan fingerprint density at radius 3 is 2.49 bits per heavy atom. The van der Waals surface area contributed by atoms with Crippen molar-refractivity contribution in [2.24, 2.45) is 0 Å². The van der Waals surface area contributed by atoms with Crippen LogP contribution in [0.4, 0.5) is 8.78 Å². The zero-order valence-electron chi connectivity index (χ0n) is 27.3. The van der Waals surface area contributed by atoms with E-state index in [4.69, 9.17) is 4.74 Å². The number of aromatic nitrogens is 1. The highest BCUT2D eigenvalue weighted by Gasteiger charge is 2.33. The maximum Gasteiger partial charge on any atom is 0.308 e. The summed E-state index contributed by atoms with van der Waals surface area (Å²) in [5.74, 6) is -2.01. The summed E-state index contributed by atoms with van der Waals surface area (Å²) in [6, 6.07) is 5.81. The molecule has 1 amide bonds. The largest absolute Gasteiger partial charge is 0.466 e. The quantitative estimate of drug-likeness (QED) is 0.0916. The number of nitrogens with zero attached hydrogens (tertiary/aromatic N) is 1. The monoisotopic (exact) mass is 708 g/mol. The Bertz CT molecular complexity index is 1710. The van der Waals surface area contributed by atoms with Gasteiger partial charge in [0.15, 0.2) is 0 Å². The van der Waals surface area contributed by atoms with E-state index >= 15 is 4.39 Å². The van der Waals surface area contributed by atoms with Crippen molar-refractivity contribution in [3.63, 3.8) is 0 Å². The number of benzene rings is 2. The number of nitrogens with one attached hydrogen (secondary N) is 1. The summed E-state index contributed by atoms with van der Waals surface area (Å²) in [6.45, 7) is 13.0. The number of halogens is 3. The van der Waals surface area contributed by atoms with E-state index in [2.05, 4.69) is 34.4 Å². The van der Waals surface area contributed by atoms with Crippen molar-refractivity contribution in [1.82, 2.24) is 9.88 Å². The van der Waals surface area contributed by atoms with Gasteiger partial charge < -0.3 is 14.6 Å². The van der Waals surface area contributed by atoms with Gasteiger partial charge in [0, 0.05) is 22.3 Å². The van der Waals surface area contributed by atoms with E-state index in [0.29, 0.717) is 33.1 Å². The second-order valence-electron chi connectivity index (χ2n) is 12.2. The molecule has 250 valence electrons. The molecule has 6 nitrogen and oxygen atoms in total. The molecule has 1 aliphatic carbocycles. The summed E-state index contributed by atoms with van der Waals surface area (Å²) in [4.78, 5) is 39.8. The number of pyridine rings is 1. The molecule has 1 aliphatic rings. The molecule has 0 unspecified atom stereocenters. The van der Waals surface area contributed by atoms with Crippen LogP contribution in [0, 0.1) is 25.5 Å². The molecular weight excluding hydrogens is 666 g/mol. The molecule has 1 heterocycles. The first-order valence-electron chi connectivity index (χ1n) is 16.2. The summed E-state index contributed by atoms with van der Waals surface area (Å²) in [5.41, 5.74) is 4.01. The lowest BCUT2D eigenvalue weighted by Gasteiger charge is -2.26. The van der Waals surface area contributed by atoms with Crippen molar-refractivity contribution < 1.29 is 23.1 Å². The van der Waals surface area contributed by atoms with Gasteiger partial charge in [0.1, 0.15) is 17.7 Å². The number of allylic oxidation sites excluding steroid dienone is 2. The summed E-state index contributed by atoms with van der Waals surface area (Å²) in [7, 11) is 0. The van der Waals surface area contributed by atoms with Crippen LogP contribution >= 0.6 is 15.9 Å². The van der Waals surface area contributed by atoms with E-state index in [1.54, 1.807) is 26.1 Å². The Hall–Kier alpha value is -3.85. The molecule has 9 heteroatoms. The van der Waals surface area contributed by atoms with Crippen LogP contribution in [-0.4, -0.2) is 23.1 Å². The maximum absolute atomic E-state index is 16.5. The topological polar surface area (TPSA) is 77.4 Å². The van der Waals surface area contributed by atoms with Gasteiger partial charge in [0.2, 0.25) is 5.91 Å². The van der Waals surface area contributed by atoms with Gasteiger partial charge in [-0.1, -0.05) is 12.2 Å². The van der Waals surface area contributed by atoms with Crippen molar-refractivity contribution >= 4 is 27.8 Å². The molecule has 47 heavy (non-hydrogen) atoms. The van der Waals surface area contributed by atoms with E-state index in [9.17, 15) is 18.8 Å². The van der Waals surface area contributed by atoms with Crippen molar-refractivity contribution in [1.29, 1.82) is 0 Å². The molecule has 1 N–H and O–H groups in total. The number of hydrogen-bond donors (Lipinski definition) is 1. The predicted octanol–water partition coefficient (Wildman–Crippen LogP) is 8.88. The average Bonchev–Trinajstić information content (AvgIpc) is 3.86. The van der Waals surface area contributed by atoms with Gasteiger partial charge >= 0.3 is 5.97 Å². The first-order valence-corrected chi connectivity index (χ1v) is 17.0. The lowest BCUT2D eigenvalue weighted by Crippen LogP contribution is -2.39. The number of hydrogen-bond acceptors (Lipinski definition) is 4. The third kappa shape index (κ3) is 8.95. The highest BCUT2D eigenvalue weighted by atomic mass is 79.9. The fourth-order valence-corrected chi connectivity index (χ4v) is 6.38. The number of unbranched alkanes of at least 4 members (excludes halogenated alkanes) is 2. The van der Waals surface area contributed by atoms with Gasteiger partial charge in [0.25, 0.3) is 5.56 Å². The minimum Gasteiger partial charge on any atom is -0.466 e. The first-order chi connectivity index (χ1) is 22.5. The summed E-state index contributed by atoms with van der Waals surface area (Å²) >= 11 is 3.44. The summed E-state index contributed by atoms with van der Waals surface area (Å²) in [5, 5.41) is 2.89. The van der Waals surface area contributed by atoms with E-state index in [0.717, 1.165) is 43.2 Å². The number of ether oxygens (including phenoxy) is 1. The predicted molar refractivity (Wildman–Crippen MR) is 185 cm³/mol. The van der Waals surface area contributed by atoms with Crippen LogP contribution in [0.2, 0.25) is 0 Å². The summed E-state index contributed by atoms with van der Waals surface area (Å²) < 4.78 is 38.4. The number of esters is 1. The van der Waals surface area contributed by atoms with Gasteiger partial charge in [-0.15, -0.1) is 13.2 Å². The Balaban J connectivity index is 1.84. The first kappa shape index (κ1) is 36.0. The zero-order chi connectivity index (χ0) is 34.2. The van der Waals surface area contributed by atoms with E-state index in [1.807, 2.05) is 19.1 Å². The average molecular weight is 710 g/mol. The number of amides is 1. The molecule has 2 atom stereocenters. The molecule has 0 aliphatic heterocycles. The fourth-order valence-electron chi connectivity index (χ4n) is 6.04. The van der Waals surface area contributed by atoms with Gasteiger partial charge in [-0.2, -0.15) is 0 Å². The highest BCUT2D eigenvalue weighted by molar-refractivity contribution is 9.10. The molecule has 0 saturated heterocycles. The number of aryl methyl sites for hydroxylation is 3. The lowest BCUT2D eigenvalue weighted by molar-refractivity contribution is -0.144. The SMILES string of the molecule is C=CCCCCc1cc(F)cc(C)c1-c1cc(C2CC2)c(F)c([C@H](CC(=O)OCC)NC(=O)[C@H](CC=C)n2cc(Br)c(C)cc2=O)c1. The van der Waals surface area contributed by atoms with E-state index in [1.165, 1.54) is 28.8 Å². The van der Waals surface area contributed by atoms with Crippen LogP contribution in [0.1, 0.15) is 97.7 Å². The summed E-state index contributed by atoms with van der Waals surface area (Å²) in [6.07, 6.45) is 9.57. The minimum atomic E-state index is -1.10. The molecule has 1 saturated carbocycles. The standard InChI is InChI=1S/C38H43BrF2N2O4/c1-6-9-10-11-13-26-18-28(40)16-24(5)36(26)27-19-29(25-14-15-25)37(41)30(20-27)32(21-35(45)47-8-3)42-38(46)33(12-7-2)43-22-31(39)23(4)17-34(43)44/h6-7,16-20,22,25,32-33H,1-2,8-15,21H2,3-5H3,(H,42,46)/t32-,33-/m0/s1. The molecule has 0 radical (unpaired) electrons. The molecule has 1 fully saturated rings. The molecule has 1 aromatic heterocycles. The maximum atomic E-state index is 16.5. The van der Waals surface area contributed by atoms with E-state index in [-0.39, 0.29) is 42.3 Å². The van der Waals surface area contributed by atoms with Crippen LogP contribution in [0.25, 0.3) is 11.1 Å². The van der Waals surface area contributed by atoms with Crippen molar-refractivity contribution in [2.75, 3.05) is 6.61 Å². The molecule has 0 spiro atoms. The second-order valence-corrected chi connectivity index (χ2v) is 13.0. The molecule has 2 aromatic carbocycles. The second kappa shape index (κ2) is 16.3. The van der Waals surface area contributed by atoms with Crippen LogP contribution in [0.3, 0.4) is 0 Å². The van der Waals surface area contributed by atoms with Crippen molar-refractivity contribution in [3.8, 4) is 11.1 Å². The van der Waals surface area contributed by atoms with Crippen LogP contribution < -0.4 is 10.9 Å².